The summed E-state index contributed by atoms with van der Waals surface area (Å²) in [6, 6.07) is 24.1. The number of rotatable bonds is 6. The van der Waals surface area contributed by atoms with E-state index in [1.54, 1.807) is 11.8 Å². The second kappa shape index (κ2) is 9.72. The zero-order valence-electron chi connectivity index (χ0n) is 17.9. The lowest BCUT2D eigenvalue weighted by atomic mass is 9.86. The van der Waals surface area contributed by atoms with E-state index in [2.05, 4.69) is 50.4 Å². The average Bonchev–Trinajstić information content (AvgIpc) is 2.73. The summed E-state index contributed by atoms with van der Waals surface area (Å²) in [7, 11) is 0. The molecule has 0 saturated heterocycles. The first kappa shape index (κ1) is 22.5. The second-order valence-electron chi connectivity index (χ2n) is 8.51. The van der Waals surface area contributed by atoms with Crippen LogP contribution in [0.5, 0.6) is 0 Å². The lowest BCUT2D eigenvalue weighted by Crippen LogP contribution is -2.26. The lowest BCUT2D eigenvalue weighted by Gasteiger charge is -2.20. The number of halogens is 1. The summed E-state index contributed by atoms with van der Waals surface area (Å²) in [4.78, 5) is 13.8. The molecular weight excluding hydrogens is 410 g/mol. The van der Waals surface area contributed by atoms with Crippen molar-refractivity contribution in [3.63, 3.8) is 0 Å². The van der Waals surface area contributed by atoms with Gasteiger partial charge in [0.05, 0.1) is 6.04 Å². The number of carbonyl (C=O) groups is 1. The molecule has 2 nitrogen and oxygen atoms in total. The molecule has 3 aromatic rings. The van der Waals surface area contributed by atoms with E-state index in [0.29, 0.717) is 5.56 Å². The molecule has 0 bridgehead atoms. The van der Waals surface area contributed by atoms with Gasteiger partial charge in [-0.3, -0.25) is 4.79 Å². The van der Waals surface area contributed by atoms with Crippen molar-refractivity contribution in [1.82, 2.24) is 5.32 Å². The van der Waals surface area contributed by atoms with Crippen LogP contribution >= 0.6 is 23.4 Å². The normalized spacial score (nSPS) is 12.4. The van der Waals surface area contributed by atoms with Crippen LogP contribution in [0, 0.1) is 0 Å². The highest BCUT2D eigenvalue weighted by Crippen LogP contribution is 2.25. The monoisotopic (exact) mass is 437 g/mol. The summed E-state index contributed by atoms with van der Waals surface area (Å²) < 4.78 is 0. The lowest BCUT2D eigenvalue weighted by molar-refractivity contribution is 0.0940. The number of nitrogens with one attached hydrogen (secondary N) is 1. The molecule has 156 valence electrons. The predicted octanol–water partition coefficient (Wildman–Crippen LogP) is 7.42. The van der Waals surface area contributed by atoms with E-state index in [4.69, 9.17) is 11.6 Å². The van der Waals surface area contributed by atoms with Gasteiger partial charge in [0, 0.05) is 21.2 Å². The highest BCUT2D eigenvalue weighted by molar-refractivity contribution is 7.98. The molecule has 1 atom stereocenters. The fraction of sp³-hybridized carbons (Fsp3) is 0.269. The van der Waals surface area contributed by atoms with E-state index in [-0.39, 0.29) is 17.4 Å². The van der Waals surface area contributed by atoms with Crippen LogP contribution in [0.2, 0.25) is 5.02 Å². The molecule has 0 spiro atoms. The van der Waals surface area contributed by atoms with Crippen molar-refractivity contribution in [2.24, 2.45) is 0 Å². The summed E-state index contributed by atoms with van der Waals surface area (Å²) in [5, 5.41) is 3.84. The van der Waals surface area contributed by atoms with Gasteiger partial charge in [-0.2, -0.15) is 0 Å². The van der Waals surface area contributed by atoms with Crippen molar-refractivity contribution in [2.45, 2.75) is 49.8 Å². The Balaban J connectivity index is 1.56. The molecule has 0 aliphatic heterocycles. The first-order chi connectivity index (χ1) is 14.2. The Morgan fingerprint density at radius 1 is 0.933 bits per heavy atom. The molecule has 1 N–H and O–H groups in total. The molecule has 0 unspecified atom stereocenters. The van der Waals surface area contributed by atoms with E-state index in [1.807, 2.05) is 55.5 Å². The van der Waals surface area contributed by atoms with Gasteiger partial charge in [0.2, 0.25) is 0 Å². The van der Waals surface area contributed by atoms with Crippen molar-refractivity contribution >= 4 is 29.3 Å². The number of thioether (sulfide) groups is 1. The molecule has 3 rings (SSSR count). The molecule has 0 aliphatic carbocycles. The third-order valence-electron chi connectivity index (χ3n) is 5.06. The van der Waals surface area contributed by atoms with Crippen molar-refractivity contribution in [3.8, 4) is 0 Å². The fourth-order valence-corrected chi connectivity index (χ4v) is 4.07. The smallest absolute Gasteiger partial charge is 0.251 e. The maximum Gasteiger partial charge on any atom is 0.251 e. The zero-order valence-corrected chi connectivity index (χ0v) is 19.5. The summed E-state index contributed by atoms with van der Waals surface area (Å²) in [5.41, 5.74) is 4.37. The van der Waals surface area contributed by atoms with Crippen LogP contribution in [0.25, 0.3) is 0 Å². The van der Waals surface area contributed by atoms with Crippen LogP contribution < -0.4 is 5.32 Å². The first-order valence-electron chi connectivity index (χ1n) is 10.1. The summed E-state index contributed by atoms with van der Waals surface area (Å²) in [6.45, 7) is 8.61. The Bertz CT molecular complexity index is 974. The average molecular weight is 438 g/mol. The zero-order chi connectivity index (χ0) is 21.7. The van der Waals surface area contributed by atoms with Gasteiger partial charge in [-0.15, -0.1) is 11.8 Å². The Hall–Kier alpha value is -2.23. The highest BCUT2D eigenvalue weighted by atomic mass is 35.5. The van der Waals surface area contributed by atoms with Gasteiger partial charge < -0.3 is 5.32 Å². The van der Waals surface area contributed by atoms with Crippen molar-refractivity contribution in [3.05, 3.63) is 100 Å². The summed E-state index contributed by atoms with van der Waals surface area (Å²) in [6.07, 6.45) is 0. The Morgan fingerprint density at radius 2 is 1.53 bits per heavy atom. The van der Waals surface area contributed by atoms with Crippen LogP contribution in [0.15, 0.2) is 77.7 Å². The number of hydrogen-bond donors (Lipinski definition) is 1. The van der Waals surface area contributed by atoms with Crippen molar-refractivity contribution < 1.29 is 4.79 Å². The van der Waals surface area contributed by atoms with Gasteiger partial charge in [-0.1, -0.05) is 68.8 Å². The van der Waals surface area contributed by atoms with E-state index in [1.165, 1.54) is 16.0 Å². The Labute approximate surface area is 189 Å². The van der Waals surface area contributed by atoms with Crippen LogP contribution in [-0.4, -0.2) is 5.91 Å². The maximum absolute atomic E-state index is 12.6. The summed E-state index contributed by atoms with van der Waals surface area (Å²) in [5.74, 6) is 0.791. The molecule has 0 aliphatic rings. The van der Waals surface area contributed by atoms with Gasteiger partial charge in [0.1, 0.15) is 0 Å². The quantitative estimate of drug-likeness (QED) is 0.406. The van der Waals surface area contributed by atoms with Crippen molar-refractivity contribution in [2.75, 3.05) is 0 Å². The van der Waals surface area contributed by atoms with E-state index < -0.39 is 0 Å². The molecule has 30 heavy (non-hydrogen) atoms. The first-order valence-corrected chi connectivity index (χ1v) is 11.5. The van der Waals surface area contributed by atoms with Gasteiger partial charge in [0.25, 0.3) is 5.91 Å². The number of benzene rings is 3. The second-order valence-corrected chi connectivity index (χ2v) is 9.99. The molecule has 0 fully saturated rings. The van der Waals surface area contributed by atoms with Gasteiger partial charge in [-0.25, -0.2) is 0 Å². The maximum atomic E-state index is 12.6. The van der Waals surface area contributed by atoms with Crippen LogP contribution in [0.3, 0.4) is 0 Å². The Kier molecular flexibility index (Phi) is 7.27. The minimum absolute atomic E-state index is 0.0494. The third kappa shape index (κ3) is 6.13. The molecule has 0 radical (unpaired) electrons. The van der Waals surface area contributed by atoms with E-state index in [0.717, 1.165) is 16.3 Å². The van der Waals surface area contributed by atoms with E-state index in [9.17, 15) is 4.79 Å². The SMILES string of the molecule is C[C@H](NC(=O)c1ccc(CSc2ccc(Cl)cc2)cc1)c1ccc(C(C)(C)C)cc1. The molecule has 4 heteroatoms. The molecule has 0 saturated carbocycles. The van der Waals surface area contributed by atoms with Crippen LogP contribution in [-0.2, 0) is 11.2 Å². The van der Waals surface area contributed by atoms with Crippen LogP contribution in [0.1, 0.15) is 60.8 Å². The van der Waals surface area contributed by atoms with Gasteiger partial charge >= 0.3 is 0 Å². The molecule has 0 aromatic heterocycles. The summed E-state index contributed by atoms with van der Waals surface area (Å²) >= 11 is 7.68. The predicted molar refractivity (Wildman–Crippen MR) is 128 cm³/mol. The highest BCUT2D eigenvalue weighted by Gasteiger charge is 2.15. The fourth-order valence-electron chi connectivity index (χ4n) is 3.08. The molecule has 1 amide bonds. The largest absolute Gasteiger partial charge is 0.346 e. The minimum Gasteiger partial charge on any atom is -0.346 e. The number of hydrogen-bond acceptors (Lipinski definition) is 2. The molecule has 3 aromatic carbocycles. The van der Waals surface area contributed by atoms with E-state index >= 15 is 0 Å². The molecule has 0 heterocycles. The van der Waals surface area contributed by atoms with Crippen molar-refractivity contribution in [1.29, 1.82) is 0 Å². The standard InChI is InChI=1S/C26H28ClNOS/c1-18(20-9-11-22(12-10-20)26(2,3)4)28-25(29)21-7-5-19(6-8-21)17-30-24-15-13-23(27)14-16-24/h5-16,18H,17H2,1-4H3,(H,28,29)/t18-/m0/s1. The topological polar surface area (TPSA) is 29.1 Å². The Morgan fingerprint density at radius 3 is 2.10 bits per heavy atom. The van der Waals surface area contributed by atoms with Gasteiger partial charge in [0.15, 0.2) is 0 Å². The minimum atomic E-state index is -0.0562. The van der Waals surface area contributed by atoms with Gasteiger partial charge in [-0.05, 0) is 65.4 Å². The van der Waals surface area contributed by atoms with Crippen LogP contribution in [0.4, 0.5) is 0 Å². The molecular formula is C26H28ClNOS. The number of carbonyl (C=O) groups excluding carboxylic acids is 1. The third-order valence-corrected chi connectivity index (χ3v) is 6.39. The number of amides is 1.